The Morgan fingerprint density at radius 2 is 2.36 bits per heavy atom. The lowest BCUT2D eigenvalue weighted by Gasteiger charge is -2.32. The van der Waals surface area contributed by atoms with Crippen LogP contribution in [0, 0.1) is 6.92 Å². The van der Waals surface area contributed by atoms with E-state index in [-0.39, 0.29) is 23.9 Å². The molecule has 6 nitrogen and oxygen atoms in total. The van der Waals surface area contributed by atoms with Gasteiger partial charge in [-0.1, -0.05) is 0 Å². The summed E-state index contributed by atoms with van der Waals surface area (Å²) in [7, 11) is 1.79. The number of aromatic nitrogens is 2. The maximum Gasteiger partial charge on any atom is 0.255 e. The lowest BCUT2D eigenvalue weighted by Crippen LogP contribution is -2.50. The maximum atomic E-state index is 12.5. The Balaban J connectivity index is 1.78. The number of carbonyl (C=O) groups is 2. The van der Waals surface area contributed by atoms with Crippen LogP contribution in [-0.2, 0) is 11.8 Å². The van der Waals surface area contributed by atoms with Crippen LogP contribution in [0.3, 0.4) is 0 Å². The van der Waals surface area contributed by atoms with Crippen LogP contribution in [0.25, 0.3) is 0 Å². The number of nitrogens with zero attached hydrogens (tertiary/aromatic N) is 2. The molecule has 2 atom stereocenters. The zero-order chi connectivity index (χ0) is 15.7. The average Bonchev–Trinajstić information content (AvgIpc) is 3.10. The Morgan fingerprint density at radius 1 is 1.55 bits per heavy atom. The highest BCUT2D eigenvalue weighted by molar-refractivity contribution is 7.08. The second kappa shape index (κ2) is 5.92. The zero-order valence-electron chi connectivity index (χ0n) is 12.5. The molecule has 0 aliphatic carbocycles. The molecule has 3 heterocycles. The molecule has 7 heteroatoms. The Morgan fingerprint density at radius 3 is 3.00 bits per heavy atom. The van der Waals surface area contributed by atoms with Gasteiger partial charge in [-0.3, -0.25) is 14.3 Å². The molecule has 2 N–H and O–H groups in total. The topological polar surface area (TPSA) is 76.0 Å². The van der Waals surface area contributed by atoms with Gasteiger partial charge in [-0.15, -0.1) is 0 Å². The van der Waals surface area contributed by atoms with Gasteiger partial charge in [0, 0.05) is 19.7 Å². The minimum absolute atomic E-state index is 0.0271. The third-order valence-corrected chi connectivity index (χ3v) is 4.58. The maximum absolute atomic E-state index is 12.5. The average molecular weight is 318 g/mol. The molecule has 0 saturated carbocycles. The SMILES string of the molecule is Cc1nn(C)cc1C(=O)N[C@@H]1CCC(=O)N[C@H]1c1ccsc1. The van der Waals surface area contributed by atoms with E-state index in [1.54, 1.807) is 29.3 Å². The van der Waals surface area contributed by atoms with Gasteiger partial charge in [-0.25, -0.2) is 0 Å². The lowest BCUT2D eigenvalue weighted by atomic mass is 9.93. The Kier molecular flexibility index (Phi) is 3.98. The summed E-state index contributed by atoms with van der Waals surface area (Å²) in [5.74, 6) is -0.119. The summed E-state index contributed by atoms with van der Waals surface area (Å²) in [6.45, 7) is 1.81. The molecule has 22 heavy (non-hydrogen) atoms. The summed E-state index contributed by atoms with van der Waals surface area (Å²) in [4.78, 5) is 24.2. The van der Waals surface area contributed by atoms with Gasteiger partial charge in [0.2, 0.25) is 5.91 Å². The van der Waals surface area contributed by atoms with Crippen LogP contribution >= 0.6 is 11.3 Å². The molecule has 2 aromatic rings. The van der Waals surface area contributed by atoms with Gasteiger partial charge in [0.1, 0.15) is 0 Å². The third kappa shape index (κ3) is 2.89. The number of nitrogens with one attached hydrogen (secondary N) is 2. The first-order chi connectivity index (χ1) is 10.5. The van der Waals surface area contributed by atoms with E-state index in [4.69, 9.17) is 0 Å². The first kappa shape index (κ1) is 14.8. The first-order valence-corrected chi connectivity index (χ1v) is 8.11. The van der Waals surface area contributed by atoms with Gasteiger partial charge in [0.25, 0.3) is 5.91 Å². The fourth-order valence-corrected chi connectivity index (χ4v) is 3.49. The molecule has 2 aromatic heterocycles. The van der Waals surface area contributed by atoms with E-state index in [0.717, 1.165) is 5.56 Å². The van der Waals surface area contributed by atoms with Crippen molar-refractivity contribution in [3.05, 3.63) is 39.8 Å². The van der Waals surface area contributed by atoms with Crippen molar-refractivity contribution in [3.8, 4) is 0 Å². The van der Waals surface area contributed by atoms with Gasteiger partial charge in [-0.2, -0.15) is 16.4 Å². The van der Waals surface area contributed by atoms with Crippen molar-refractivity contribution in [2.45, 2.75) is 31.8 Å². The Bertz CT molecular complexity index is 692. The van der Waals surface area contributed by atoms with Crippen LogP contribution in [0.4, 0.5) is 0 Å². The minimum Gasteiger partial charge on any atom is -0.347 e. The molecule has 1 aliphatic heterocycles. The fourth-order valence-electron chi connectivity index (χ4n) is 2.79. The molecular formula is C15H18N4O2S. The highest BCUT2D eigenvalue weighted by atomic mass is 32.1. The quantitative estimate of drug-likeness (QED) is 0.901. The van der Waals surface area contributed by atoms with E-state index in [1.165, 1.54) is 0 Å². The largest absolute Gasteiger partial charge is 0.347 e. The monoisotopic (exact) mass is 318 g/mol. The molecule has 0 unspecified atom stereocenters. The van der Waals surface area contributed by atoms with Crippen molar-refractivity contribution in [1.82, 2.24) is 20.4 Å². The van der Waals surface area contributed by atoms with Crippen molar-refractivity contribution in [2.75, 3.05) is 0 Å². The molecule has 2 amide bonds. The number of hydrogen-bond acceptors (Lipinski definition) is 4. The van der Waals surface area contributed by atoms with Crippen molar-refractivity contribution < 1.29 is 9.59 Å². The first-order valence-electron chi connectivity index (χ1n) is 7.17. The van der Waals surface area contributed by atoms with E-state index in [9.17, 15) is 9.59 Å². The summed E-state index contributed by atoms with van der Waals surface area (Å²) in [6, 6.07) is 1.70. The number of carbonyl (C=O) groups excluding carboxylic acids is 2. The Labute approximate surface area is 132 Å². The second-order valence-electron chi connectivity index (χ2n) is 5.52. The van der Waals surface area contributed by atoms with Gasteiger partial charge < -0.3 is 10.6 Å². The molecule has 1 fully saturated rings. The van der Waals surface area contributed by atoms with Gasteiger partial charge in [0.15, 0.2) is 0 Å². The van der Waals surface area contributed by atoms with Crippen molar-refractivity contribution in [1.29, 1.82) is 0 Å². The van der Waals surface area contributed by atoms with E-state index in [2.05, 4.69) is 15.7 Å². The summed E-state index contributed by atoms with van der Waals surface area (Å²) in [5, 5.41) is 14.2. The van der Waals surface area contributed by atoms with Crippen LogP contribution in [0.15, 0.2) is 23.0 Å². The van der Waals surface area contributed by atoms with Crippen LogP contribution < -0.4 is 10.6 Å². The molecule has 0 radical (unpaired) electrons. The number of hydrogen-bond donors (Lipinski definition) is 2. The number of amides is 2. The summed E-state index contributed by atoms with van der Waals surface area (Å²) < 4.78 is 1.63. The molecule has 0 spiro atoms. The normalized spacial score (nSPS) is 21.5. The molecular weight excluding hydrogens is 300 g/mol. The van der Waals surface area contributed by atoms with E-state index in [0.29, 0.717) is 24.1 Å². The van der Waals surface area contributed by atoms with Gasteiger partial charge in [0.05, 0.1) is 23.3 Å². The molecule has 1 aliphatic rings. The summed E-state index contributed by atoms with van der Waals surface area (Å²) >= 11 is 1.58. The molecule has 116 valence electrons. The van der Waals surface area contributed by atoms with Crippen molar-refractivity contribution in [2.24, 2.45) is 7.05 Å². The predicted molar refractivity (Wildman–Crippen MR) is 83.6 cm³/mol. The van der Waals surface area contributed by atoms with Gasteiger partial charge >= 0.3 is 0 Å². The predicted octanol–water partition coefficient (Wildman–Crippen LogP) is 1.54. The molecule has 0 aromatic carbocycles. The number of thiophene rings is 1. The Hall–Kier alpha value is -2.15. The van der Waals surface area contributed by atoms with Crippen LogP contribution in [0.1, 0.15) is 40.5 Å². The summed E-state index contributed by atoms with van der Waals surface area (Å²) in [5.41, 5.74) is 2.31. The lowest BCUT2D eigenvalue weighted by molar-refractivity contribution is -0.123. The zero-order valence-corrected chi connectivity index (χ0v) is 13.3. The number of aryl methyl sites for hydroxylation is 2. The molecule has 3 rings (SSSR count). The van der Waals surface area contributed by atoms with Crippen molar-refractivity contribution in [3.63, 3.8) is 0 Å². The number of piperidine rings is 1. The third-order valence-electron chi connectivity index (χ3n) is 3.88. The summed E-state index contributed by atoms with van der Waals surface area (Å²) in [6.07, 6.45) is 2.78. The number of rotatable bonds is 3. The second-order valence-corrected chi connectivity index (χ2v) is 6.30. The van der Waals surface area contributed by atoms with Gasteiger partial charge in [-0.05, 0) is 35.7 Å². The standard InChI is InChI=1S/C15H18N4O2S/c1-9-11(7-19(2)18-9)15(21)16-12-3-4-13(20)17-14(12)10-5-6-22-8-10/h5-8,12,14H,3-4H2,1-2H3,(H,16,21)(H,17,20)/t12-,14+/m1/s1. The molecule has 1 saturated heterocycles. The smallest absolute Gasteiger partial charge is 0.255 e. The van der Waals surface area contributed by atoms with E-state index < -0.39 is 0 Å². The molecule has 0 bridgehead atoms. The van der Waals surface area contributed by atoms with Crippen LogP contribution in [0.5, 0.6) is 0 Å². The van der Waals surface area contributed by atoms with E-state index >= 15 is 0 Å². The fraction of sp³-hybridized carbons (Fsp3) is 0.400. The van der Waals surface area contributed by atoms with E-state index in [1.807, 2.05) is 23.8 Å². The highest BCUT2D eigenvalue weighted by Gasteiger charge is 2.31. The van der Waals surface area contributed by atoms with Crippen LogP contribution in [0.2, 0.25) is 0 Å². The minimum atomic E-state index is -0.173. The van der Waals surface area contributed by atoms with Crippen LogP contribution in [-0.4, -0.2) is 27.6 Å². The highest BCUT2D eigenvalue weighted by Crippen LogP contribution is 2.26. The van der Waals surface area contributed by atoms with Crippen molar-refractivity contribution >= 4 is 23.2 Å².